The predicted molar refractivity (Wildman–Crippen MR) is 56.8 cm³/mol. The zero-order valence-electron chi connectivity index (χ0n) is 8.65. The first-order chi connectivity index (χ1) is 7.19. The minimum atomic E-state index is -0.610. The van der Waals surface area contributed by atoms with Gasteiger partial charge in [0, 0.05) is 0 Å². The standard InChI is InChI=1S/C12H11NO2/c1-9-5-3-4-6-10(9)7-11(8-13)12(14)15-2/h3-7H,1-2H3/b11-7+. The number of nitriles is 1. The van der Waals surface area contributed by atoms with E-state index in [2.05, 4.69) is 4.74 Å². The number of hydrogen-bond donors (Lipinski definition) is 0. The second-order valence-electron chi connectivity index (χ2n) is 3.02. The van der Waals surface area contributed by atoms with Gasteiger partial charge in [-0.2, -0.15) is 5.26 Å². The predicted octanol–water partition coefficient (Wildman–Crippen LogP) is 2.08. The van der Waals surface area contributed by atoms with Crippen LogP contribution in [0.25, 0.3) is 6.08 Å². The molecule has 0 aromatic heterocycles. The Hall–Kier alpha value is -2.08. The molecule has 0 N–H and O–H groups in total. The average Bonchev–Trinajstić information content (AvgIpc) is 2.27. The van der Waals surface area contributed by atoms with E-state index in [1.807, 2.05) is 37.3 Å². The summed E-state index contributed by atoms with van der Waals surface area (Å²) < 4.78 is 4.49. The molecule has 3 heteroatoms. The lowest BCUT2D eigenvalue weighted by Crippen LogP contribution is -2.02. The quantitative estimate of drug-likeness (QED) is 0.418. The van der Waals surface area contributed by atoms with E-state index in [-0.39, 0.29) is 5.57 Å². The van der Waals surface area contributed by atoms with Crippen LogP contribution >= 0.6 is 0 Å². The molecule has 0 unspecified atom stereocenters. The van der Waals surface area contributed by atoms with Crippen molar-refractivity contribution >= 4 is 12.0 Å². The van der Waals surface area contributed by atoms with Crippen LogP contribution in [-0.4, -0.2) is 13.1 Å². The van der Waals surface area contributed by atoms with Crippen LogP contribution in [0.2, 0.25) is 0 Å². The zero-order valence-corrected chi connectivity index (χ0v) is 8.65. The summed E-state index contributed by atoms with van der Waals surface area (Å²) in [5.41, 5.74) is 1.86. The normalized spacial score (nSPS) is 10.6. The summed E-state index contributed by atoms with van der Waals surface area (Å²) in [5.74, 6) is -0.610. The van der Waals surface area contributed by atoms with E-state index < -0.39 is 5.97 Å². The summed E-state index contributed by atoms with van der Waals surface area (Å²) in [4.78, 5) is 11.1. The molecule has 76 valence electrons. The van der Waals surface area contributed by atoms with Crippen LogP contribution < -0.4 is 0 Å². The van der Waals surface area contributed by atoms with Crippen LogP contribution in [0.3, 0.4) is 0 Å². The number of esters is 1. The van der Waals surface area contributed by atoms with Gasteiger partial charge in [-0.1, -0.05) is 24.3 Å². The summed E-state index contributed by atoms with van der Waals surface area (Å²) in [6.07, 6.45) is 1.53. The Balaban J connectivity index is 3.11. The van der Waals surface area contributed by atoms with Crippen molar-refractivity contribution < 1.29 is 9.53 Å². The van der Waals surface area contributed by atoms with E-state index in [1.165, 1.54) is 13.2 Å². The van der Waals surface area contributed by atoms with Crippen molar-refractivity contribution in [1.29, 1.82) is 5.26 Å². The van der Waals surface area contributed by atoms with E-state index in [4.69, 9.17) is 5.26 Å². The fraction of sp³-hybridized carbons (Fsp3) is 0.167. The molecule has 0 saturated heterocycles. The van der Waals surface area contributed by atoms with Crippen molar-refractivity contribution in [2.24, 2.45) is 0 Å². The Morgan fingerprint density at radius 3 is 2.67 bits per heavy atom. The van der Waals surface area contributed by atoms with Gasteiger partial charge in [0.1, 0.15) is 11.6 Å². The van der Waals surface area contributed by atoms with Gasteiger partial charge in [-0.25, -0.2) is 4.79 Å². The molecule has 3 nitrogen and oxygen atoms in total. The van der Waals surface area contributed by atoms with Crippen molar-refractivity contribution in [1.82, 2.24) is 0 Å². The highest BCUT2D eigenvalue weighted by atomic mass is 16.5. The molecule has 0 spiro atoms. The molecule has 0 radical (unpaired) electrons. The number of rotatable bonds is 2. The van der Waals surface area contributed by atoms with Crippen LogP contribution in [0.1, 0.15) is 11.1 Å². The average molecular weight is 201 g/mol. The lowest BCUT2D eigenvalue weighted by atomic mass is 10.1. The third-order valence-electron chi connectivity index (χ3n) is 2.01. The molecular weight excluding hydrogens is 190 g/mol. The number of methoxy groups -OCH3 is 1. The number of ether oxygens (including phenoxy) is 1. The second-order valence-corrected chi connectivity index (χ2v) is 3.02. The molecule has 0 atom stereocenters. The molecule has 0 aliphatic carbocycles. The number of carbonyl (C=O) groups is 1. The third kappa shape index (κ3) is 2.68. The smallest absolute Gasteiger partial charge is 0.348 e. The summed E-state index contributed by atoms with van der Waals surface area (Å²) in [5, 5.41) is 8.76. The van der Waals surface area contributed by atoms with Gasteiger partial charge in [0.05, 0.1) is 7.11 Å². The van der Waals surface area contributed by atoms with E-state index in [0.29, 0.717) is 0 Å². The molecule has 0 fully saturated rings. The first kappa shape index (κ1) is 11.0. The van der Waals surface area contributed by atoms with Crippen LogP contribution in [0.15, 0.2) is 29.8 Å². The van der Waals surface area contributed by atoms with E-state index >= 15 is 0 Å². The summed E-state index contributed by atoms with van der Waals surface area (Å²) in [7, 11) is 1.26. The summed E-state index contributed by atoms with van der Waals surface area (Å²) in [6.45, 7) is 1.91. The van der Waals surface area contributed by atoms with Crippen LogP contribution in [0.5, 0.6) is 0 Å². The zero-order chi connectivity index (χ0) is 11.3. The van der Waals surface area contributed by atoms with Gasteiger partial charge in [0.2, 0.25) is 0 Å². The number of aryl methyl sites for hydroxylation is 1. The molecule has 15 heavy (non-hydrogen) atoms. The molecule has 0 aliphatic rings. The van der Waals surface area contributed by atoms with Crippen LogP contribution in [0, 0.1) is 18.3 Å². The molecule has 1 aromatic rings. The number of nitrogens with zero attached hydrogens (tertiary/aromatic N) is 1. The lowest BCUT2D eigenvalue weighted by molar-refractivity contribution is -0.135. The van der Waals surface area contributed by atoms with Gasteiger partial charge < -0.3 is 4.74 Å². The first-order valence-electron chi connectivity index (χ1n) is 4.44. The third-order valence-corrected chi connectivity index (χ3v) is 2.01. The van der Waals surface area contributed by atoms with Crippen LogP contribution in [-0.2, 0) is 9.53 Å². The van der Waals surface area contributed by atoms with Crippen molar-refractivity contribution in [3.63, 3.8) is 0 Å². The summed E-state index contributed by atoms with van der Waals surface area (Å²) >= 11 is 0. The molecule has 1 rings (SSSR count). The fourth-order valence-electron chi connectivity index (χ4n) is 1.15. The molecule has 1 aromatic carbocycles. The number of benzene rings is 1. The number of carbonyl (C=O) groups excluding carboxylic acids is 1. The SMILES string of the molecule is COC(=O)/C(C#N)=C/c1ccccc1C. The Kier molecular flexibility index (Phi) is 3.64. The maximum atomic E-state index is 11.1. The van der Waals surface area contributed by atoms with E-state index in [1.54, 1.807) is 0 Å². The van der Waals surface area contributed by atoms with Gasteiger partial charge in [-0.3, -0.25) is 0 Å². The van der Waals surface area contributed by atoms with Gasteiger partial charge >= 0.3 is 5.97 Å². The Morgan fingerprint density at radius 1 is 1.47 bits per heavy atom. The van der Waals surface area contributed by atoms with E-state index in [0.717, 1.165) is 11.1 Å². The molecule has 0 amide bonds. The Bertz CT molecular complexity index is 441. The van der Waals surface area contributed by atoms with Gasteiger partial charge in [-0.15, -0.1) is 0 Å². The fourth-order valence-corrected chi connectivity index (χ4v) is 1.15. The second kappa shape index (κ2) is 4.97. The van der Waals surface area contributed by atoms with Gasteiger partial charge in [0.15, 0.2) is 0 Å². The van der Waals surface area contributed by atoms with Crippen molar-refractivity contribution in [2.75, 3.05) is 7.11 Å². The summed E-state index contributed by atoms with van der Waals surface area (Å²) in [6, 6.07) is 9.32. The lowest BCUT2D eigenvalue weighted by Gasteiger charge is -2.00. The highest BCUT2D eigenvalue weighted by Crippen LogP contribution is 2.12. The van der Waals surface area contributed by atoms with E-state index in [9.17, 15) is 4.79 Å². The monoisotopic (exact) mass is 201 g/mol. The maximum absolute atomic E-state index is 11.1. The molecule has 0 heterocycles. The topological polar surface area (TPSA) is 50.1 Å². The Labute approximate surface area is 88.6 Å². The van der Waals surface area contributed by atoms with Gasteiger partial charge in [-0.05, 0) is 24.1 Å². The maximum Gasteiger partial charge on any atom is 0.348 e. The van der Waals surface area contributed by atoms with Crippen molar-refractivity contribution in [2.45, 2.75) is 6.92 Å². The number of hydrogen-bond acceptors (Lipinski definition) is 3. The molecular formula is C12H11NO2. The minimum Gasteiger partial charge on any atom is -0.465 e. The van der Waals surface area contributed by atoms with Crippen LogP contribution in [0.4, 0.5) is 0 Å². The van der Waals surface area contributed by atoms with Crippen molar-refractivity contribution in [3.8, 4) is 6.07 Å². The molecule has 0 saturated carbocycles. The first-order valence-corrected chi connectivity index (χ1v) is 4.44. The van der Waals surface area contributed by atoms with Crippen molar-refractivity contribution in [3.05, 3.63) is 41.0 Å². The Morgan fingerprint density at radius 2 is 2.13 bits per heavy atom. The molecule has 0 bridgehead atoms. The highest BCUT2D eigenvalue weighted by molar-refractivity contribution is 5.97. The largest absolute Gasteiger partial charge is 0.465 e. The highest BCUT2D eigenvalue weighted by Gasteiger charge is 2.08. The minimum absolute atomic E-state index is 0.00630. The molecule has 0 aliphatic heterocycles. The van der Waals surface area contributed by atoms with Gasteiger partial charge in [0.25, 0.3) is 0 Å².